The second-order valence-electron chi connectivity index (χ2n) is 4.70. The van der Waals surface area contributed by atoms with Gasteiger partial charge in [-0.3, -0.25) is 0 Å². The summed E-state index contributed by atoms with van der Waals surface area (Å²) in [5, 5.41) is 15.0. The second-order valence-corrected chi connectivity index (χ2v) is 4.70. The molecule has 3 rings (SSSR count). The van der Waals surface area contributed by atoms with Gasteiger partial charge in [0.1, 0.15) is 5.75 Å². The summed E-state index contributed by atoms with van der Waals surface area (Å²) in [4.78, 5) is 0. The first-order valence-electron chi connectivity index (χ1n) is 6.28. The monoisotopic (exact) mass is 249 g/mol. The molecule has 0 heterocycles. The van der Waals surface area contributed by atoms with E-state index in [4.69, 9.17) is 0 Å². The van der Waals surface area contributed by atoms with Crippen LogP contribution in [0.3, 0.4) is 0 Å². The first-order chi connectivity index (χ1) is 9.22. The van der Waals surface area contributed by atoms with Crippen molar-refractivity contribution < 1.29 is 5.11 Å². The van der Waals surface area contributed by atoms with Crippen molar-refractivity contribution in [1.82, 2.24) is 0 Å². The van der Waals surface area contributed by atoms with E-state index < -0.39 is 0 Å². The van der Waals surface area contributed by atoms with Crippen LogP contribution in [0.2, 0.25) is 0 Å². The molecule has 3 aromatic carbocycles. The number of benzene rings is 3. The van der Waals surface area contributed by atoms with Crippen LogP contribution in [-0.4, -0.2) is 5.11 Å². The normalized spacial score (nSPS) is 10.6. The molecule has 2 nitrogen and oxygen atoms in total. The summed E-state index contributed by atoms with van der Waals surface area (Å²) in [7, 11) is 0. The number of anilines is 2. The molecule has 0 spiro atoms. The maximum Gasteiger partial charge on any atom is 0.123 e. The molecule has 0 atom stereocenters. The highest BCUT2D eigenvalue weighted by Gasteiger charge is 2.00. The van der Waals surface area contributed by atoms with Crippen molar-refractivity contribution in [3.05, 3.63) is 66.2 Å². The van der Waals surface area contributed by atoms with E-state index in [1.807, 2.05) is 30.3 Å². The van der Waals surface area contributed by atoms with E-state index in [1.165, 1.54) is 5.56 Å². The van der Waals surface area contributed by atoms with Crippen LogP contribution in [0.25, 0.3) is 10.8 Å². The minimum Gasteiger partial charge on any atom is -0.507 e. The number of phenolic OH excluding ortho intramolecular Hbond substituents is 1. The molecule has 0 aromatic heterocycles. The van der Waals surface area contributed by atoms with Crippen LogP contribution >= 0.6 is 0 Å². The van der Waals surface area contributed by atoms with Gasteiger partial charge in [-0.05, 0) is 48.7 Å². The highest BCUT2D eigenvalue weighted by molar-refractivity contribution is 5.91. The van der Waals surface area contributed by atoms with Gasteiger partial charge in [-0.1, -0.05) is 29.8 Å². The molecule has 94 valence electrons. The molecule has 0 aliphatic heterocycles. The number of aryl methyl sites for hydroxylation is 1. The number of rotatable bonds is 2. The van der Waals surface area contributed by atoms with Crippen molar-refractivity contribution in [2.75, 3.05) is 5.32 Å². The van der Waals surface area contributed by atoms with Crippen molar-refractivity contribution in [3.63, 3.8) is 0 Å². The molecule has 0 unspecified atom stereocenters. The molecular formula is C17H15NO. The minimum absolute atomic E-state index is 0.319. The summed E-state index contributed by atoms with van der Waals surface area (Å²) in [6, 6.07) is 19.8. The molecule has 0 aliphatic rings. The topological polar surface area (TPSA) is 32.3 Å². The van der Waals surface area contributed by atoms with Crippen LogP contribution in [0.1, 0.15) is 5.56 Å². The third kappa shape index (κ3) is 2.38. The molecule has 0 radical (unpaired) electrons. The first-order valence-corrected chi connectivity index (χ1v) is 6.28. The summed E-state index contributed by atoms with van der Waals surface area (Å²) < 4.78 is 0. The van der Waals surface area contributed by atoms with E-state index in [0.29, 0.717) is 5.75 Å². The van der Waals surface area contributed by atoms with Gasteiger partial charge in [0.2, 0.25) is 0 Å². The average Bonchev–Trinajstić information content (AvgIpc) is 2.42. The van der Waals surface area contributed by atoms with Crippen molar-refractivity contribution in [3.8, 4) is 5.75 Å². The largest absolute Gasteiger partial charge is 0.507 e. The predicted octanol–water partition coefficient (Wildman–Crippen LogP) is 4.60. The Morgan fingerprint density at radius 2 is 1.58 bits per heavy atom. The fourth-order valence-corrected chi connectivity index (χ4v) is 2.15. The van der Waals surface area contributed by atoms with Gasteiger partial charge in [0.15, 0.2) is 0 Å². The molecule has 0 aliphatic carbocycles. The quantitative estimate of drug-likeness (QED) is 0.695. The molecule has 0 bridgehead atoms. The Labute approximate surface area is 112 Å². The second kappa shape index (κ2) is 4.65. The molecule has 0 fully saturated rings. The zero-order chi connectivity index (χ0) is 13.2. The molecule has 19 heavy (non-hydrogen) atoms. The molecule has 2 heteroatoms. The van der Waals surface area contributed by atoms with Crippen molar-refractivity contribution in [2.24, 2.45) is 0 Å². The Kier molecular flexibility index (Phi) is 2.84. The lowest BCUT2D eigenvalue weighted by Crippen LogP contribution is -1.90. The molecule has 0 amide bonds. The number of nitrogens with one attached hydrogen (secondary N) is 1. The summed E-state index contributed by atoms with van der Waals surface area (Å²) >= 11 is 0. The van der Waals surface area contributed by atoms with E-state index in [0.717, 1.165) is 22.1 Å². The molecular weight excluding hydrogens is 234 g/mol. The fourth-order valence-electron chi connectivity index (χ4n) is 2.15. The van der Waals surface area contributed by atoms with Crippen LogP contribution in [0.15, 0.2) is 60.7 Å². The molecule has 0 saturated carbocycles. The van der Waals surface area contributed by atoms with Gasteiger partial charge in [-0.2, -0.15) is 0 Å². The first kappa shape index (κ1) is 11.6. The lowest BCUT2D eigenvalue weighted by atomic mass is 10.1. The Morgan fingerprint density at radius 3 is 2.37 bits per heavy atom. The van der Waals surface area contributed by atoms with E-state index in [9.17, 15) is 5.11 Å². The van der Waals surface area contributed by atoms with E-state index in [1.54, 1.807) is 6.07 Å². The summed E-state index contributed by atoms with van der Waals surface area (Å²) in [5.41, 5.74) is 3.32. The maximum atomic E-state index is 9.76. The van der Waals surface area contributed by atoms with Gasteiger partial charge in [-0.15, -0.1) is 0 Å². The summed E-state index contributed by atoms with van der Waals surface area (Å²) in [6.45, 7) is 2.07. The van der Waals surface area contributed by atoms with Crippen molar-refractivity contribution >= 4 is 22.1 Å². The number of phenols is 1. The van der Waals surface area contributed by atoms with E-state index in [-0.39, 0.29) is 0 Å². The Balaban J connectivity index is 1.95. The highest BCUT2D eigenvalue weighted by atomic mass is 16.3. The van der Waals surface area contributed by atoms with Crippen LogP contribution in [0, 0.1) is 6.92 Å². The van der Waals surface area contributed by atoms with Gasteiger partial charge in [0, 0.05) is 16.8 Å². The van der Waals surface area contributed by atoms with Gasteiger partial charge in [0.25, 0.3) is 0 Å². The van der Waals surface area contributed by atoms with Crippen LogP contribution in [0.5, 0.6) is 5.75 Å². The number of hydrogen-bond donors (Lipinski definition) is 2. The van der Waals surface area contributed by atoms with Crippen molar-refractivity contribution in [1.29, 1.82) is 0 Å². The summed E-state index contributed by atoms with van der Waals surface area (Å²) in [6.07, 6.45) is 0. The Morgan fingerprint density at radius 1 is 0.842 bits per heavy atom. The number of hydrogen-bond acceptors (Lipinski definition) is 2. The van der Waals surface area contributed by atoms with Gasteiger partial charge in [0.05, 0.1) is 0 Å². The Hall–Kier alpha value is -2.48. The van der Waals surface area contributed by atoms with Crippen molar-refractivity contribution in [2.45, 2.75) is 6.92 Å². The third-order valence-corrected chi connectivity index (χ3v) is 3.20. The van der Waals surface area contributed by atoms with Crippen LogP contribution in [0.4, 0.5) is 11.4 Å². The minimum atomic E-state index is 0.319. The summed E-state index contributed by atoms with van der Waals surface area (Å²) in [5.74, 6) is 0.319. The van der Waals surface area contributed by atoms with Gasteiger partial charge in [-0.25, -0.2) is 0 Å². The smallest absolute Gasteiger partial charge is 0.123 e. The number of aromatic hydroxyl groups is 1. The zero-order valence-electron chi connectivity index (χ0n) is 10.7. The van der Waals surface area contributed by atoms with Crippen LogP contribution < -0.4 is 5.32 Å². The number of fused-ring (bicyclic) bond motifs is 1. The lowest BCUT2D eigenvalue weighted by Gasteiger charge is -2.08. The fraction of sp³-hybridized carbons (Fsp3) is 0.0588. The van der Waals surface area contributed by atoms with Crippen LogP contribution in [-0.2, 0) is 0 Å². The molecule has 0 saturated heterocycles. The SMILES string of the molecule is Cc1ccc(Nc2ccc3c(O)cccc3c2)cc1. The predicted molar refractivity (Wildman–Crippen MR) is 80.1 cm³/mol. The third-order valence-electron chi connectivity index (χ3n) is 3.20. The zero-order valence-corrected chi connectivity index (χ0v) is 10.7. The maximum absolute atomic E-state index is 9.76. The Bertz CT molecular complexity index is 717. The lowest BCUT2D eigenvalue weighted by molar-refractivity contribution is 0.481. The highest BCUT2D eigenvalue weighted by Crippen LogP contribution is 2.28. The van der Waals surface area contributed by atoms with E-state index >= 15 is 0 Å². The standard InChI is InChI=1S/C17H15NO/c1-12-5-7-14(8-6-12)18-15-9-10-16-13(11-15)3-2-4-17(16)19/h2-11,18-19H,1H3. The van der Waals surface area contributed by atoms with E-state index in [2.05, 4.69) is 36.5 Å². The molecule has 2 N–H and O–H groups in total. The molecule has 3 aromatic rings. The van der Waals surface area contributed by atoms with Gasteiger partial charge >= 0.3 is 0 Å². The average molecular weight is 249 g/mol. The van der Waals surface area contributed by atoms with Gasteiger partial charge < -0.3 is 10.4 Å².